The molecule has 2 heteroatoms. The van der Waals surface area contributed by atoms with Crippen LogP contribution in [0.2, 0.25) is 0 Å². The summed E-state index contributed by atoms with van der Waals surface area (Å²) in [6.45, 7) is 1.09. The molecule has 2 unspecified atom stereocenters. The Morgan fingerprint density at radius 2 is 1.95 bits per heavy atom. The van der Waals surface area contributed by atoms with Crippen LogP contribution in [0.1, 0.15) is 37.4 Å². The van der Waals surface area contributed by atoms with Crippen molar-refractivity contribution in [1.82, 2.24) is 5.32 Å². The molecule has 2 aromatic carbocycles. The second-order valence-electron chi connectivity index (χ2n) is 5.47. The van der Waals surface area contributed by atoms with Crippen molar-refractivity contribution in [3.05, 3.63) is 48.0 Å². The van der Waals surface area contributed by atoms with Gasteiger partial charge < -0.3 is 10.4 Å². The Balaban J connectivity index is 1.82. The maximum absolute atomic E-state index is 10.5. The molecule has 1 aliphatic rings. The summed E-state index contributed by atoms with van der Waals surface area (Å²) in [7, 11) is 0. The lowest BCUT2D eigenvalue weighted by molar-refractivity contribution is 0.146. The lowest BCUT2D eigenvalue weighted by Crippen LogP contribution is -2.35. The van der Waals surface area contributed by atoms with Gasteiger partial charge in [-0.1, -0.05) is 48.9 Å². The maximum atomic E-state index is 10.5. The van der Waals surface area contributed by atoms with E-state index in [1.807, 2.05) is 18.2 Å². The molecule has 0 aliphatic carbocycles. The van der Waals surface area contributed by atoms with E-state index < -0.39 is 0 Å². The summed E-state index contributed by atoms with van der Waals surface area (Å²) in [6, 6.07) is 14.9. The highest BCUT2D eigenvalue weighted by Gasteiger charge is 2.19. The zero-order chi connectivity index (χ0) is 13.1. The second kappa shape index (κ2) is 5.72. The largest absolute Gasteiger partial charge is 0.388 e. The second-order valence-corrected chi connectivity index (χ2v) is 5.47. The van der Waals surface area contributed by atoms with E-state index in [4.69, 9.17) is 0 Å². The van der Waals surface area contributed by atoms with Crippen molar-refractivity contribution in [3.8, 4) is 0 Å². The van der Waals surface area contributed by atoms with Gasteiger partial charge in [0.1, 0.15) is 0 Å². The predicted molar refractivity (Wildman–Crippen MR) is 79.2 cm³/mol. The Morgan fingerprint density at radius 3 is 2.79 bits per heavy atom. The van der Waals surface area contributed by atoms with E-state index >= 15 is 0 Å². The quantitative estimate of drug-likeness (QED) is 0.881. The number of piperidine rings is 1. The number of fused-ring (bicyclic) bond motifs is 1. The van der Waals surface area contributed by atoms with Gasteiger partial charge in [0.05, 0.1) is 6.10 Å². The van der Waals surface area contributed by atoms with Crippen molar-refractivity contribution >= 4 is 10.8 Å². The van der Waals surface area contributed by atoms with Gasteiger partial charge >= 0.3 is 0 Å². The van der Waals surface area contributed by atoms with E-state index in [0.717, 1.165) is 18.5 Å². The van der Waals surface area contributed by atoms with Crippen molar-refractivity contribution in [2.45, 2.75) is 37.8 Å². The zero-order valence-electron chi connectivity index (χ0n) is 11.2. The molecule has 1 heterocycles. The summed E-state index contributed by atoms with van der Waals surface area (Å²) < 4.78 is 0. The van der Waals surface area contributed by atoms with E-state index in [1.54, 1.807) is 0 Å². The lowest BCUT2D eigenvalue weighted by atomic mass is 9.93. The molecule has 1 saturated heterocycles. The Kier molecular flexibility index (Phi) is 3.81. The van der Waals surface area contributed by atoms with Gasteiger partial charge in [-0.05, 0) is 42.1 Å². The van der Waals surface area contributed by atoms with Crippen molar-refractivity contribution in [2.75, 3.05) is 6.54 Å². The standard InChI is InChI=1S/C17H21NO/c19-17(12-14-8-3-4-11-18-14)16-10-5-7-13-6-1-2-9-15(13)16/h1-2,5-7,9-10,14,17-19H,3-4,8,11-12H2. The van der Waals surface area contributed by atoms with Crippen LogP contribution in [0.15, 0.2) is 42.5 Å². The summed E-state index contributed by atoms with van der Waals surface area (Å²) >= 11 is 0. The summed E-state index contributed by atoms with van der Waals surface area (Å²) in [5, 5.41) is 16.4. The molecule has 0 amide bonds. The van der Waals surface area contributed by atoms with Crippen LogP contribution in [-0.2, 0) is 0 Å². The van der Waals surface area contributed by atoms with Gasteiger partial charge in [-0.15, -0.1) is 0 Å². The minimum atomic E-state index is -0.373. The number of rotatable bonds is 3. The zero-order valence-corrected chi connectivity index (χ0v) is 11.2. The molecule has 2 atom stereocenters. The van der Waals surface area contributed by atoms with E-state index in [0.29, 0.717) is 6.04 Å². The van der Waals surface area contributed by atoms with Gasteiger partial charge in [-0.3, -0.25) is 0 Å². The fraction of sp³-hybridized carbons (Fsp3) is 0.412. The molecular formula is C17H21NO. The van der Waals surface area contributed by atoms with Crippen LogP contribution in [0.25, 0.3) is 10.8 Å². The SMILES string of the molecule is OC(CC1CCCCN1)c1cccc2ccccc12. The Bertz CT molecular complexity index is 540. The molecule has 0 spiro atoms. The molecule has 19 heavy (non-hydrogen) atoms. The third kappa shape index (κ3) is 2.80. The van der Waals surface area contributed by atoms with Gasteiger partial charge in [-0.25, -0.2) is 0 Å². The predicted octanol–water partition coefficient (Wildman–Crippen LogP) is 3.41. The fourth-order valence-corrected chi connectivity index (χ4v) is 3.06. The lowest BCUT2D eigenvalue weighted by Gasteiger charge is -2.26. The van der Waals surface area contributed by atoms with Crippen molar-refractivity contribution in [2.24, 2.45) is 0 Å². The van der Waals surface area contributed by atoms with Crippen molar-refractivity contribution < 1.29 is 5.11 Å². The van der Waals surface area contributed by atoms with Crippen LogP contribution >= 0.6 is 0 Å². The molecule has 0 aromatic heterocycles. The van der Waals surface area contributed by atoms with Crippen LogP contribution in [-0.4, -0.2) is 17.7 Å². The van der Waals surface area contributed by atoms with Crippen molar-refractivity contribution in [1.29, 1.82) is 0 Å². The summed E-state index contributed by atoms with van der Waals surface area (Å²) in [5.74, 6) is 0. The highest BCUT2D eigenvalue weighted by Crippen LogP contribution is 2.28. The number of aliphatic hydroxyl groups is 1. The minimum Gasteiger partial charge on any atom is -0.388 e. The highest BCUT2D eigenvalue weighted by atomic mass is 16.3. The van der Waals surface area contributed by atoms with E-state index in [1.165, 1.54) is 30.0 Å². The molecule has 0 radical (unpaired) electrons. The minimum absolute atomic E-state index is 0.373. The average Bonchev–Trinajstić information content (AvgIpc) is 2.47. The molecule has 2 N–H and O–H groups in total. The van der Waals surface area contributed by atoms with E-state index in [2.05, 4.69) is 29.6 Å². The van der Waals surface area contributed by atoms with Gasteiger partial charge in [-0.2, -0.15) is 0 Å². The average molecular weight is 255 g/mol. The molecule has 0 bridgehead atoms. The van der Waals surface area contributed by atoms with Crippen LogP contribution in [0.3, 0.4) is 0 Å². The summed E-state index contributed by atoms with van der Waals surface area (Å²) in [4.78, 5) is 0. The number of nitrogens with one attached hydrogen (secondary N) is 1. The molecule has 0 saturated carbocycles. The first-order valence-corrected chi connectivity index (χ1v) is 7.24. The normalized spacial score (nSPS) is 21.4. The fourth-order valence-electron chi connectivity index (χ4n) is 3.06. The van der Waals surface area contributed by atoms with E-state index in [-0.39, 0.29) is 6.10 Å². The highest BCUT2D eigenvalue weighted by molar-refractivity contribution is 5.85. The number of aliphatic hydroxyl groups excluding tert-OH is 1. The first-order chi connectivity index (χ1) is 9.34. The maximum Gasteiger partial charge on any atom is 0.0810 e. The number of benzene rings is 2. The van der Waals surface area contributed by atoms with Gasteiger partial charge in [0, 0.05) is 6.04 Å². The molecule has 2 nitrogen and oxygen atoms in total. The van der Waals surface area contributed by atoms with E-state index in [9.17, 15) is 5.11 Å². The van der Waals surface area contributed by atoms with Crippen LogP contribution < -0.4 is 5.32 Å². The van der Waals surface area contributed by atoms with Crippen molar-refractivity contribution in [3.63, 3.8) is 0 Å². The van der Waals surface area contributed by atoms with Crippen LogP contribution in [0, 0.1) is 0 Å². The third-order valence-electron chi connectivity index (χ3n) is 4.10. The molecule has 1 fully saturated rings. The van der Waals surface area contributed by atoms with Gasteiger partial charge in [0.15, 0.2) is 0 Å². The molecule has 100 valence electrons. The number of hydrogen-bond donors (Lipinski definition) is 2. The Hall–Kier alpha value is -1.38. The summed E-state index contributed by atoms with van der Waals surface area (Å²) in [6.07, 6.45) is 4.16. The number of hydrogen-bond acceptors (Lipinski definition) is 2. The summed E-state index contributed by atoms with van der Waals surface area (Å²) in [5.41, 5.74) is 1.06. The van der Waals surface area contributed by atoms with Gasteiger partial charge in [0.25, 0.3) is 0 Å². The molecular weight excluding hydrogens is 234 g/mol. The molecule has 3 rings (SSSR count). The van der Waals surface area contributed by atoms with Gasteiger partial charge in [0.2, 0.25) is 0 Å². The van der Waals surface area contributed by atoms with Crippen LogP contribution in [0.4, 0.5) is 0 Å². The molecule has 1 aliphatic heterocycles. The first-order valence-electron chi connectivity index (χ1n) is 7.24. The first kappa shape index (κ1) is 12.6. The third-order valence-corrected chi connectivity index (χ3v) is 4.10. The Labute approximate surface area is 114 Å². The Morgan fingerprint density at radius 1 is 1.11 bits per heavy atom. The smallest absolute Gasteiger partial charge is 0.0810 e. The monoisotopic (exact) mass is 255 g/mol. The van der Waals surface area contributed by atoms with Crippen LogP contribution in [0.5, 0.6) is 0 Å². The molecule has 2 aromatic rings. The topological polar surface area (TPSA) is 32.3 Å².